The predicted molar refractivity (Wildman–Crippen MR) is 69.8 cm³/mol. The van der Waals surface area contributed by atoms with Crippen molar-refractivity contribution in [1.82, 2.24) is 4.98 Å². The van der Waals surface area contributed by atoms with Gasteiger partial charge in [0.2, 0.25) is 0 Å². The number of carboxylic acids is 1. The van der Waals surface area contributed by atoms with Gasteiger partial charge < -0.3 is 15.8 Å². The standard InChI is InChI=1S/C12H13FN2O2.ClH/c1-6(14)4-9-8-5-7(13)2-3-10(8)15-11(9)12(16)17;/h2-3,5-6,15H,4,14H2,1H3,(H,16,17);1H. The van der Waals surface area contributed by atoms with Gasteiger partial charge in [0.15, 0.2) is 0 Å². The summed E-state index contributed by atoms with van der Waals surface area (Å²) in [5.41, 5.74) is 6.94. The van der Waals surface area contributed by atoms with Crippen molar-refractivity contribution in [1.29, 1.82) is 0 Å². The van der Waals surface area contributed by atoms with Crippen molar-refractivity contribution in [3.63, 3.8) is 0 Å². The van der Waals surface area contributed by atoms with Gasteiger partial charge in [-0.15, -0.1) is 12.4 Å². The van der Waals surface area contributed by atoms with Gasteiger partial charge in [0.1, 0.15) is 11.5 Å². The first-order valence-electron chi connectivity index (χ1n) is 5.28. The first-order valence-corrected chi connectivity index (χ1v) is 5.28. The molecule has 0 aliphatic heterocycles. The number of nitrogens with one attached hydrogen (secondary N) is 1. The quantitative estimate of drug-likeness (QED) is 0.802. The monoisotopic (exact) mass is 272 g/mol. The molecule has 1 heterocycles. The zero-order chi connectivity index (χ0) is 12.6. The van der Waals surface area contributed by atoms with Crippen LogP contribution in [-0.2, 0) is 6.42 Å². The maximum Gasteiger partial charge on any atom is 0.352 e. The number of hydrogen-bond acceptors (Lipinski definition) is 2. The summed E-state index contributed by atoms with van der Waals surface area (Å²) in [6.07, 6.45) is 0.394. The molecule has 0 aliphatic carbocycles. The summed E-state index contributed by atoms with van der Waals surface area (Å²) >= 11 is 0. The van der Waals surface area contributed by atoms with E-state index in [0.29, 0.717) is 22.9 Å². The van der Waals surface area contributed by atoms with Crippen molar-refractivity contribution in [3.8, 4) is 0 Å². The molecule has 4 N–H and O–H groups in total. The van der Waals surface area contributed by atoms with Crippen LogP contribution in [0.1, 0.15) is 23.0 Å². The van der Waals surface area contributed by atoms with Gasteiger partial charge in [0.05, 0.1) is 0 Å². The van der Waals surface area contributed by atoms with Crippen molar-refractivity contribution < 1.29 is 14.3 Å². The van der Waals surface area contributed by atoms with Crippen LogP contribution in [0.5, 0.6) is 0 Å². The summed E-state index contributed by atoms with van der Waals surface area (Å²) in [6.45, 7) is 1.78. The number of nitrogens with two attached hydrogens (primary N) is 1. The number of fused-ring (bicyclic) bond motifs is 1. The minimum absolute atomic E-state index is 0. The lowest BCUT2D eigenvalue weighted by Gasteiger charge is -2.05. The van der Waals surface area contributed by atoms with Crippen LogP contribution in [0.25, 0.3) is 10.9 Å². The third-order valence-electron chi connectivity index (χ3n) is 2.61. The first-order chi connectivity index (χ1) is 7.99. The molecule has 1 unspecified atom stereocenters. The SMILES string of the molecule is CC(N)Cc1c(C(=O)O)[nH]c2ccc(F)cc12.Cl. The van der Waals surface area contributed by atoms with Crippen molar-refractivity contribution in [2.24, 2.45) is 5.73 Å². The molecular weight excluding hydrogens is 259 g/mol. The maximum atomic E-state index is 13.2. The number of halogens is 2. The van der Waals surface area contributed by atoms with E-state index in [0.717, 1.165) is 0 Å². The van der Waals surface area contributed by atoms with Gasteiger partial charge in [-0.05, 0) is 37.1 Å². The van der Waals surface area contributed by atoms with Gasteiger partial charge in [-0.3, -0.25) is 0 Å². The predicted octanol–water partition coefficient (Wildman–Crippen LogP) is 2.32. The minimum atomic E-state index is -1.06. The third kappa shape index (κ3) is 2.63. The zero-order valence-electron chi connectivity index (χ0n) is 9.74. The largest absolute Gasteiger partial charge is 0.477 e. The molecule has 0 saturated carbocycles. The van der Waals surface area contributed by atoms with Crippen LogP contribution in [0.15, 0.2) is 18.2 Å². The highest BCUT2D eigenvalue weighted by Crippen LogP contribution is 2.24. The van der Waals surface area contributed by atoms with Crippen LogP contribution in [-0.4, -0.2) is 22.1 Å². The summed E-state index contributed by atoms with van der Waals surface area (Å²) in [5, 5.41) is 9.67. The molecule has 18 heavy (non-hydrogen) atoms. The normalized spacial score (nSPS) is 12.2. The number of benzene rings is 1. The first kappa shape index (κ1) is 14.5. The molecule has 1 aromatic heterocycles. The molecule has 1 aromatic carbocycles. The van der Waals surface area contributed by atoms with E-state index in [-0.39, 0.29) is 30.0 Å². The number of hydrogen-bond donors (Lipinski definition) is 3. The van der Waals surface area contributed by atoms with E-state index in [1.54, 1.807) is 6.92 Å². The molecule has 2 rings (SSSR count). The van der Waals surface area contributed by atoms with Gasteiger partial charge >= 0.3 is 5.97 Å². The molecule has 2 aromatic rings. The Morgan fingerprint density at radius 3 is 2.78 bits per heavy atom. The lowest BCUT2D eigenvalue weighted by molar-refractivity contribution is 0.0690. The van der Waals surface area contributed by atoms with E-state index >= 15 is 0 Å². The van der Waals surface area contributed by atoms with Crippen LogP contribution in [0.4, 0.5) is 4.39 Å². The minimum Gasteiger partial charge on any atom is -0.477 e. The average Bonchev–Trinajstić information content (AvgIpc) is 2.56. The van der Waals surface area contributed by atoms with Crippen LogP contribution >= 0.6 is 12.4 Å². The molecule has 0 radical (unpaired) electrons. The van der Waals surface area contributed by atoms with E-state index in [4.69, 9.17) is 10.8 Å². The number of aromatic carboxylic acids is 1. The highest BCUT2D eigenvalue weighted by Gasteiger charge is 2.18. The third-order valence-corrected chi connectivity index (χ3v) is 2.61. The van der Waals surface area contributed by atoms with Gasteiger partial charge in [0.25, 0.3) is 0 Å². The molecule has 1 atom stereocenters. The van der Waals surface area contributed by atoms with Crippen molar-refractivity contribution in [2.75, 3.05) is 0 Å². The van der Waals surface area contributed by atoms with Crippen molar-refractivity contribution in [3.05, 3.63) is 35.3 Å². The van der Waals surface area contributed by atoms with E-state index in [2.05, 4.69) is 4.98 Å². The fourth-order valence-corrected chi connectivity index (χ4v) is 1.94. The Bertz CT molecular complexity index is 581. The number of aromatic nitrogens is 1. The molecule has 0 saturated heterocycles. The van der Waals surface area contributed by atoms with Gasteiger partial charge in [0, 0.05) is 16.9 Å². The molecule has 0 bridgehead atoms. The molecular formula is C12H14ClFN2O2. The Labute approximate surface area is 109 Å². The van der Waals surface area contributed by atoms with Crippen LogP contribution in [0, 0.1) is 5.82 Å². The molecule has 4 nitrogen and oxygen atoms in total. The fraction of sp³-hybridized carbons (Fsp3) is 0.250. The highest BCUT2D eigenvalue weighted by atomic mass is 35.5. The lowest BCUT2D eigenvalue weighted by Crippen LogP contribution is -2.19. The zero-order valence-corrected chi connectivity index (χ0v) is 10.6. The smallest absolute Gasteiger partial charge is 0.352 e. The molecule has 98 valence electrons. The Morgan fingerprint density at radius 2 is 2.22 bits per heavy atom. The molecule has 0 amide bonds. The Balaban J connectivity index is 0.00000162. The van der Waals surface area contributed by atoms with Crippen molar-refractivity contribution >= 4 is 29.3 Å². The second kappa shape index (κ2) is 5.37. The van der Waals surface area contributed by atoms with E-state index in [1.807, 2.05) is 0 Å². The molecule has 6 heteroatoms. The Morgan fingerprint density at radius 1 is 1.56 bits per heavy atom. The topological polar surface area (TPSA) is 79.1 Å². The maximum absolute atomic E-state index is 13.2. The second-order valence-corrected chi connectivity index (χ2v) is 4.16. The van der Waals surface area contributed by atoms with E-state index < -0.39 is 5.97 Å². The molecule has 0 spiro atoms. The number of rotatable bonds is 3. The van der Waals surface area contributed by atoms with Crippen LogP contribution < -0.4 is 5.73 Å². The highest BCUT2D eigenvalue weighted by molar-refractivity contribution is 5.97. The van der Waals surface area contributed by atoms with E-state index in [9.17, 15) is 9.18 Å². The summed E-state index contributed by atoms with van der Waals surface area (Å²) < 4.78 is 13.2. The second-order valence-electron chi connectivity index (χ2n) is 4.16. The van der Waals surface area contributed by atoms with E-state index in [1.165, 1.54) is 18.2 Å². The lowest BCUT2D eigenvalue weighted by atomic mass is 10.0. The summed E-state index contributed by atoms with van der Waals surface area (Å²) in [5.74, 6) is -1.45. The number of H-pyrrole nitrogens is 1. The van der Waals surface area contributed by atoms with Gasteiger partial charge in [-0.1, -0.05) is 0 Å². The van der Waals surface area contributed by atoms with Gasteiger partial charge in [-0.25, -0.2) is 9.18 Å². The van der Waals surface area contributed by atoms with Crippen molar-refractivity contribution in [2.45, 2.75) is 19.4 Å². The molecule has 0 fully saturated rings. The summed E-state index contributed by atoms with van der Waals surface area (Å²) in [7, 11) is 0. The van der Waals surface area contributed by atoms with Crippen LogP contribution in [0.3, 0.4) is 0 Å². The van der Waals surface area contributed by atoms with Gasteiger partial charge in [-0.2, -0.15) is 0 Å². The number of aromatic amines is 1. The Hall–Kier alpha value is -1.59. The summed E-state index contributed by atoms with van der Waals surface area (Å²) in [4.78, 5) is 13.9. The Kier molecular flexibility index (Phi) is 4.32. The number of carboxylic acid groups (broad SMARTS) is 1. The average molecular weight is 273 g/mol. The summed E-state index contributed by atoms with van der Waals surface area (Å²) in [6, 6.07) is 3.97. The molecule has 0 aliphatic rings. The number of carbonyl (C=O) groups is 1. The van der Waals surface area contributed by atoms with Crippen LogP contribution in [0.2, 0.25) is 0 Å². The fourth-order valence-electron chi connectivity index (χ4n) is 1.94.